The van der Waals surface area contributed by atoms with Crippen molar-refractivity contribution in [3.63, 3.8) is 0 Å². The van der Waals surface area contributed by atoms with Gasteiger partial charge in [0.15, 0.2) is 0 Å². The molecule has 200 valence electrons. The molecule has 8 aromatic carbocycles. The molecule has 0 spiro atoms. The molecular weight excluding hydrogens is 520 g/mol. The standard InChI is InChI=1S/C42H26O/c1-2-11-27(12-3-1)28-15-10-16-31(23-28)41-33-17-6-8-19-35(33)42(36-20-9-7-18-34(36)41)32-21-22-39-37(25-32)38-24-29-13-4-5-14-30(29)26-40(38)43-39/h1-26H. The van der Waals surface area contributed by atoms with E-state index < -0.39 is 0 Å². The third-order valence-electron chi connectivity index (χ3n) is 8.82. The van der Waals surface area contributed by atoms with Gasteiger partial charge in [-0.15, -0.1) is 0 Å². The van der Waals surface area contributed by atoms with Gasteiger partial charge in [-0.1, -0.05) is 127 Å². The second-order valence-electron chi connectivity index (χ2n) is 11.3. The molecule has 0 aliphatic rings. The van der Waals surface area contributed by atoms with E-state index in [4.69, 9.17) is 4.42 Å². The lowest BCUT2D eigenvalue weighted by molar-refractivity contribution is 0.669. The van der Waals surface area contributed by atoms with Crippen molar-refractivity contribution in [1.82, 2.24) is 0 Å². The lowest BCUT2D eigenvalue weighted by Gasteiger charge is -2.18. The number of furan rings is 1. The van der Waals surface area contributed by atoms with Crippen LogP contribution in [0.25, 0.3) is 87.6 Å². The van der Waals surface area contributed by atoms with E-state index in [2.05, 4.69) is 158 Å². The van der Waals surface area contributed by atoms with Gasteiger partial charge < -0.3 is 4.42 Å². The van der Waals surface area contributed by atoms with Crippen molar-refractivity contribution in [3.8, 4) is 33.4 Å². The van der Waals surface area contributed by atoms with Gasteiger partial charge in [-0.25, -0.2) is 0 Å². The largest absolute Gasteiger partial charge is 0.456 e. The summed E-state index contributed by atoms with van der Waals surface area (Å²) in [5.41, 5.74) is 9.23. The summed E-state index contributed by atoms with van der Waals surface area (Å²) < 4.78 is 6.35. The second-order valence-corrected chi connectivity index (χ2v) is 11.3. The van der Waals surface area contributed by atoms with E-state index in [1.54, 1.807) is 0 Å². The highest BCUT2D eigenvalue weighted by molar-refractivity contribution is 6.22. The van der Waals surface area contributed by atoms with Gasteiger partial charge >= 0.3 is 0 Å². The molecule has 0 unspecified atom stereocenters. The first-order valence-corrected chi connectivity index (χ1v) is 14.8. The molecule has 0 bridgehead atoms. The van der Waals surface area contributed by atoms with E-state index in [0.29, 0.717) is 0 Å². The molecule has 0 saturated carbocycles. The van der Waals surface area contributed by atoms with E-state index in [-0.39, 0.29) is 0 Å². The SMILES string of the molecule is c1ccc(-c2cccc(-c3c4ccccc4c(-c4ccc5oc6cc7ccccc7cc6c5c4)c4ccccc34)c2)cc1. The van der Waals surface area contributed by atoms with Crippen molar-refractivity contribution in [2.75, 3.05) is 0 Å². The van der Waals surface area contributed by atoms with Crippen LogP contribution in [0.3, 0.4) is 0 Å². The summed E-state index contributed by atoms with van der Waals surface area (Å²) in [6.45, 7) is 0. The van der Waals surface area contributed by atoms with Crippen LogP contribution >= 0.6 is 0 Å². The normalized spacial score (nSPS) is 11.7. The van der Waals surface area contributed by atoms with Crippen LogP contribution in [0.1, 0.15) is 0 Å². The number of fused-ring (bicyclic) bond motifs is 6. The molecule has 1 nitrogen and oxygen atoms in total. The third-order valence-corrected chi connectivity index (χ3v) is 8.82. The van der Waals surface area contributed by atoms with Gasteiger partial charge in [0.1, 0.15) is 11.2 Å². The topological polar surface area (TPSA) is 13.1 Å². The summed E-state index contributed by atoms with van der Waals surface area (Å²) in [7, 11) is 0. The molecule has 9 rings (SSSR count). The Kier molecular flexibility index (Phi) is 5.27. The molecule has 1 heteroatoms. The Morgan fingerprint density at radius 1 is 0.279 bits per heavy atom. The highest BCUT2D eigenvalue weighted by Crippen LogP contribution is 2.45. The fourth-order valence-electron chi connectivity index (χ4n) is 6.85. The molecular formula is C42H26O. The molecule has 9 aromatic rings. The summed E-state index contributed by atoms with van der Waals surface area (Å²) >= 11 is 0. The molecule has 1 heterocycles. The van der Waals surface area contributed by atoms with Crippen LogP contribution in [-0.2, 0) is 0 Å². The minimum atomic E-state index is 0.914. The zero-order valence-electron chi connectivity index (χ0n) is 23.4. The fourth-order valence-corrected chi connectivity index (χ4v) is 6.85. The Balaban J connectivity index is 1.33. The van der Waals surface area contributed by atoms with Gasteiger partial charge in [0.2, 0.25) is 0 Å². The lowest BCUT2D eigenvalue weighted by atomic mass is 9.85. The Hall–Kier alpha value is -5.66. The van der Waals surface area contributed by atoms with Crippen LogP contribution in [0.15, 0.2) is 162 Å². The van der Waals surface area contributed by atoms with Crippen LogP contribution in [0, 0.1) is 0 Å². The zero-order chi connectivity index (χ0) is 28.3. The number of benzene rings is 8. The molecule has 0 aliphatic carbocycles. The van der Waals surface area contributed by atoms with E-state index >= 15 is 0 Å². The molecule has 0 N–H and O–H groups in total. The number of hydrogen-bond acceptors (Lipinski definition) is 1. The molecule has 0 aliphatic heterocycles. The lowest BCUT2D eigenvalue weighted by Crippen LogP contribution is -1.91. The molecule has 43 heavy (non-hydrogen) atoms. The Morgan fingerprint density at radius 3 is 1.47 bits per heavy atom. The summed E-state index contributed by atoms with van der Waals surface area (Å²) in [5.74, 6) is 0. The number of hydrogen-bond donors (Lipinski definition) is 0. The maximum atomic E-state index is 6.35. The molecule has 0 radical (unpaired) electrons. The van der Waals surface area contributed by atoms with Gasteiger partial charge in [-0.3, -0.25) is 0 Å². The van der Waals surface area contributed by atoms with Crippen LogP contribution in [-0.4, -0.2) is 0 Å². The van der Waals surface area contributed by atoms with E-state index in [0.717, 1.165) is 21.9 Å². The van der Waals surface area contributed by atoms with Crippen molar-refractivity contribution in [2.45, 2.75) is 0 Å². The first-order chi connectivity index (χ1) is 21.3. The molecule has 0 saturated heterocycles. The zero-order valence-corrected chi connectivity index (χ0v) is 23.4. The highest BCUT2D eigenvalue weighted by Gasteiger charge is 2.18. The van der Waals surface area contributed by atoms with Gasteiger partial charge in [0, 0.05) is 10.8 Å². The van der Waals surface area contributed by atoms with Crippen molar-refractivity contribution >= 4 is 54.3 Å². The summed E-state index contributed by atoms with van der Waals surface area (Å²) in [5, 5.41) is 9.72. The average molecular weight is 547 g/mol. The quantitative estimate of drug-likeness (QED) is 0.201. The fraction of sp³-hybridized carbons (Fsp3) is 0. The van der Waals surface area contributed by atoms with Gasteiger partial charge in [-0.2, -0.15) is 0 Å². The average Bonchev–Trinajstić information content (AvgIpc) is 3.43. The second kappa shape index (κ2) is 9.44. The van der Waals surface area contributed by atoms with Gasteiger partial charge in [0.05, 0.1) is 0 Å². The van der Waals surface area contributed by atoms with E-state index in [9.17, 15) is 0 Å². The van der Waals surface area contributed by atoms with Crippen LogP contribution in [0.4, 0.5) is 0 Å². The smallest absolute Gasteiger partial charge is 0.136 e. The Morgan fingerprint density at radius 2 is 0.791 bits per heavy atom. The number of rotatable bonds is 3. The monoisotopic (exact) mass is 546 g/mol. The first-order valence-electron chi connectivity index (χ1n) is 14.8. The van der Waals surface area contributed by atoms with Crippen molar-refractivity contribution in [1.29, 1.82) is 0 Å². The maximum absolute atomic E-state index is 6.35. The van der Waals surface area contributed by atoms with Crippen LogP contribution < -0.4 is 0 Å². The Labute approximate surface area is 249 Å². The minimum Gasteiger partial charge on any atom is -0.456 e. The summed E-state index contributed by atoms with van der Waals surface area (Å²) in [4.78, 5) is 0. The summed E-state index contributed by atoms with van der Waals surface area (Å²) in [6.07, 6.45) is 0. The van der Waals surface area contributed by atoms with E-state index in [1.807, 2.05) is 0 Å². The van der Waals surface area contributed by atoms with Crippen LogP contribution in [0.5, 0.6) is 0 Å². The first kappa shape index (κ1) is 24.0. The highest BCUT2D eigenvalue weighted by atomic mass is 16.3. The third kappa shape index (κ3) is 3.79. The van der Waals surface area contributed by atoms with E-state index in [1.165, 1.54) is 65.7 Å². The minimum absolute atomic E-state index is 0.914. The molecule has 0 amide bonds. The predicted molar refractivity (Wildman–Crippen MR) is 183 cm³/mol. The Bertz CT molecular complexity index is 2440. The molecule has 0 atom stereocenters. The van der Waals surface area contributed by atoms with Gasteiger partial charge in [-0.05, 0) is 96.0 Å². The predicted octanol–water partition coefficient (Wildman–Crippen LogP) is 12.0. The van der Waals surface area contributed by atoms with Crippen molar-refractivity contribution in [3.05, 3.63) is 158 Å². The molecule has 1 aromatic heterocycles. The molecule has 0 fully saturated rings. The summed E-state index contributed by atoms with van der Waals surface area (Å²) in [6, 6.07) is 56.9. The van der Waals surface area contributed by atoms with Crippen molar-refractivity contribution in [2.24, 2.45) is 0 Å². The van der Waals surface area contributed by atoms with Gasteiger partial charge in [0.25, 0.3) is 0 Å². The van der Waals surface area contributed by atoms with Crippen LogP contribution in [0.2, 0.25) is 0 Å². The van der Waals surface area contributed by atoms with Crippen molar-refractivity contribution < 1.29 is 4.42 Å². The maximum Gasteiger partial charge on any atom is 0.136 e.